The molecule has 0 saturated carbocycles. The molecule has 0 bridgehead atoms. The Morgan fingerprint density at radius 1 is 1.38 bits per heavy atom. The summed E-state index contributed by atoms with van der Waals surface area (Å²) in [6, 6.07) is 7.77. The van der Waals surface area contributed by atoms with E-state index in [4.69, 9.17) is 9.84 Å². The van der Waals surface area contributed by atoms with E-state index < -0.39 is 5.97 Å². The summed E-state index contributed by atoms with van der Waals surface area (Å²) >= 11 is 0. The highest BCUT2D eigenvalue weighted by Gasteiger charge is 2.09. The minimum absolute atomic E-state index is 0.0602. The minimum Gasteiger partial charge on any atom is -0.494 e. The summed E-state index contributed by atoms with van der Waals surface area (Å²) in [6.07, 6.45) is 1.08. The van der Waals surface area contributed by atoms with Crippen molar-refractivity contribution in [3.8, 4) is 5.75 Å². The first-order chi connectivity index (χ1) is 9.97. The van der Waals surface area contributed by atoms with Crippen LogP contribution in [-0.2, 0) is 9.59 Å². The van der Waals surface area contributed by atoms with Gasteiger partial charge in [-0.2, -0.15) is 0 Å². The number of hydrogen-bond acceptors (Lipinski definition) is 3. The number of nitrogens with one attached hydrogen (secondary N) is 1. The Hall–Kier alpha value is -2.04. The van der Waals surface area contributed by atoms with Crippen molar-refractivity contribution in [2.24, 2.45) is 5.92 Å². The fraction of sp³-hybridized carbons (Fsp3) is 0.500. The Bertz CT molecular complexity index is 473. The molecule has 0 aliphatic carbocycles. The maximum atomic E-state index is 11.6. The summed E-state index contributed by atoms with van der Waals surface area (Å²) < 4.78 is 5.56. The molecule has 0 aliphatic heterocycles. The first-order valence-corrected chi connectivity index (χ1v) is 7.15. The molecule has 1 atom stereocenters. The molecule has 0 saturated heterocycles. The Kier molecular flexibility index (Phi) is 7.29. The number of benzene rings is 1. The summed E-state index contributed by atoms with van der Waals surface area (Å²) in [5.41, 5.74) is 1.14. The molecule has 1 unspecified atom stereocenters. The maximum absolute atomic E-state index is 11.6. The summed E-state index contributed by atoms with van der Waals surface area (Å²) in [4.78, 5) is 22.1. The minimum atomic E-state index is -0.844. The van der Waals surface area contributed by atoms with Crippen LogP contribution in [0.3, 0.4) is 0 Å². The van der Waals surface area contributed by atoms with Crippen LogP contribution in [0, 0.1) is 12.8 Å². The molecule has 2 N–H and O–H groups in total. The molecule has 0 fully saturated rings. The van der Waals surface area contributed by atoms with E-state index in [9.17, 15) is 9.59 Å². The summed E-state index contributed by atoms with van der Waals surface area (Å²) in [7, 11) is 0. The second-order valence-electron chi connectivity index (χ2n) is 5.28. The number of hydrogen-bond donors (Lipinski definition) is 2. The average molecular weight is 293 g/mol. The molecule has 0 aromatic heterocycles. The standard InChI is InChI=1S/C16H23NO4/c1-12-5-3-6-14(9-12)21-8-4-7-15(18)17-11-13(2)10-16(19)20/h3,5-6,9,13H,4,7-8,10-11H2,1-2H3,(H,17,18)(H,19,20). The van der Waals surface area contributed by atoms with Gasteiger partial charge in [0.2, 0.25) is 5.91 Å². The topological polar surface area (TPSA) is 75.6 Å². The van der Waals surface area contributed by atoms with E-state index >= 15 is 0 Å². The van der Waals surface area contributed by atoms with E-state index in [0.717, 1.165) is 11.3 Å². The number of aliphatic carboxylic acids is 1. The normalized spacial score (nSPS) is 11.7. The van der Waals surface area contributed by atoms with E-state index in [1.54, 1.807) is 6.92 Å². The molecule has 0 heterocycles. The number of carboxylic acids is 1. The molecular formula is C16H23NO4. The predicted molar refractivity (Wildman–Crippen MR) is 80.3 cm³/mol. The summed E-state index contributed by atoms with van der Waals surface area (Å²) in [5, 5.41) is 11.4. The van der Waals surface area contributed by atoms with E-state index in [-0.39, 0.29) is 18.2 Å². The van der Waals surface area contributed by atoms with Crippen LogP contribution >= 0.6 is 0 Å². The van der Waals surface area contributed by atoms with Crippen molar-refractivity contribution >= 4 is 11.9 Å². The molecular weight excluding hydrogens is 270 g/mol. The number of rotatable bonds is 9. The number of ether oxygens (including phenoxy) is 1. The van der Waals surface area contributed by atoms with Gasteiger partial charge in [-0.15, -0.1) is 0 Å². The molecule has 1 aromatic rings. The van der Waals surface area contributed by atoms with Crippen LogP contribution in [0.2, 0.25) is 0 Å². The van der Waals surface area contributed by atoms with Gasteiger partial charge in [-0.1, -0.05) is 19.1 Å². The average Bonchev–Trinajstić information content (AvgIpc) is 2.41. The van der Waals surface area contributed by atoms with Crippen LogP contribution in [0.5, 0.6) is 5.75 Å². The predicted octanol–water partition coefficient (Wildman–Crippen LogP) is 2.38. The van der Waals surface area contributed by atoms with Crippen molar-refractivity contribution in [2.75, 3.05) is 13.2 Å². The third-order valence-corrected chi connectivity index (χ3v) is 2.98. The van der Waals surface area contributed by atoms with Gasteiger partial charge in [0, 0.05) is 19.4 Å². The van der Waals surface area contributed by atoms with Gasteiger partial charge in [-0.25, -0.2) is 0 Å². The lowest BCUT2D eigenvalue weighted by Crippen LogP contribution is -2.29. The molecule has 5 nitrogen and oxygen atoms in total. The first-order valence-electron chi connectivity index (χ1n) is 7.15. The SMILES string of the molecule is Cc1cccc(OCCCC(=O)NCC(C)CC(=O)O)c1. The Morgan fingerprint density at radius 3 is 2.81 bits per heavy atom. The highest BCUT2D eigenvalue weighted by atomic mass is 16.5. The summed E-state index contributed by atoms with van der Waals surface area (Å²) in [6.45, 7) is 4.68. The molecule has 0 aliphatic rings. The first kappa shape index (κ1) is 17.0. The second-order valence-corrected chi connectivity index (χ2v) is 5.28. The fourth-order valence-electron chi connectivity index (χ4n) is 1.87. The van der Waals surface area contributed by atoms with Crippen molar-refractivity contribution in [1.29, 1.82) is 0 Å². The van der Waals surface area contributed by atoms with Gasteiger partial charge < -0.3 is 15.2 Å². The van der Waals surface area contributed by atoms with Gasteiger partial charge in [-0.05, 0) is 37.0 Å². The van der Waals surface area contributed by atoms with Crippen molar-refractivity contribution in [3.63, 3.8) is 0 Å². The smallest absolute Gasteiger partial charge is 0.303 e. The lowest BCUT2D eigenvalue weighted by molar-refractivity contribution is -0.138. The zero-order valence-electron chi connectivity index (χ0n) is 12.6. The number of carbonyl (C=O) groups excluding carboxylic acids is 1. The lowest BCUT2D eigenvalue weighted by atomic mass is 10.1. The zero-order chi connectivity index (χ0) is 15.7. The van der Waals surface area contributed by atoms with Crippen LogP contribution in [0.25, 0.3) is 0 Å². The van der Waals surface area contributed by atoms with E-state index in [0.29, 0.717) is 26.0 Å². The highest BCUT2D eigenvalue weighted by molar-refractivity contribution is 5.75. The Morgan fingerprint density at radius 2 is 2.14 bits per heavy atom. The van der Waals surface area contributed by atoms with Crippen molar-refractivity contribution in [2.45, 2.75) is 33.1 Å². The number of aryl methyl sites for hydroxylation is 1. The van der Waals surface area contributed by atoms with Gasteiger partial charge in [0.1, 0.15) is 5.75 Å². The molecule has 1 rings (SSSR count). The Balaban J connectivity index is 2.12. The number of carbonyl (C=O) groups is 2. The van der Waals surface area contributed by atoms with Crippen LogP contribution in [0.4, 0.5) is 0 Å². The van der Waals surface area contributed by atoms with Crippen molar-refractivity contribution in [1.82, 2.24) is 5.32 Å². The largest absolute Gasteiger partial charge is 0.494 e. The van der Waals surface area contributed by atoms with Crippen LogP contribution < -0.4 is 10.1 Å². The van der Waals surface area contributed by atoms with Gasteiger partial charge in [-0.3, -0.25) is 9.59 Å². The molecule has 5 heteroatoms. The van der Waals surface area contributed by atoms with Gasteiger partial charge in [0.15, 0.2) is 0 Å². The van der Waals surface area contributed by atoms with Crippen molar-refractivity contribution in [3.05, 3.63) is 29.8 Å². The monoisotopic (exact) mass is 293 g/mol. The molecule has 1 amide bonds. The molecule has 116 valence electrons. The molecule has 1 aromatic carbocycles. The quantitative estimate of drug-likeness (QED) is 0.685. The van der Waals surface area contributed by atoms with Crippen LogP contribution in [0.15, 0.2) is 24.3 Å². The van der Waals surface area contributed by atoms with E-state index in [1.807, 2.05) is 31.2 Å². The highest BCUT2D eigenvalue weighted by Crippen LogP contribution is 2.12. The summed E-state index contributed by atoms with van der Waals surface area (Å²) in [5.74, 6) is -0.163. The van der Waals surface area contributed by atoms with Crippen LogP contribution in [-0.4, -0.2) is 30.1 Å². The van der Waals surface area contributed by atoms with Gasteiger partial charge >= 0.3 is 5.97 Å². The Labute approximate surface area is 125 Å². The third kappa shape index (κ3) is 7.97. The maximum Gasteiger partial charge on any atom is 0.303 e. The molecule has 0 radical (unpaired) electrons. The zero-order valence-corrected chi connectivity index (χ0v) is 12.6. The van der Waals surface area contributed by atoms with E-state index in [2.05, 4.69) is 5.32 Å². The number of amides is 1. The lowest BCUT2D eigenvalue weighted by Gasteiger charge is -2.10. The van der Waals surface area contributed by atoms with Crippen molar-refractivity contribution < 1.29 is 19.4 Å². The van der Waals surface area contributed by atoms with Gasteiger partial charge in [0.25, 0.3) is 0 Å². The second kappa shape index (κ2) is 9.00. The molecule has 21 heavy (non-hydrogen) atoms. The van der Waals surface area contributed by atoms with E-state index in [1.165, 1.54) is 0 Å². The number of carboxylic acid groups (broad SMARTS) is 1. The molecule has 0 spiro atoms. The van der Waals surface area contributed by atoms with Crippen LogP contribution in [0.1, 0.15) is 31.7 Å². The fourth-order valence-corrected chi connectivity index (χ4v) is 1.87. The third-order valence-electron chi connectivity index (χ3n) is 2.98. The van der Waals surface area contributed by atoms with Gasteiger partial charge in [0.05, 0.1) is 6.61 Å².